The fourth-order valence-corrected chi connectivity index (χ4v) is 4.93. The van der Waals surface area contributed by atoms with E-state index in [0.29, 0.717) is 30.2 Å². The number of aryl methyl sites for hydroxylation is 2. The van der Waals surface area contributed by atoms with Crippen LogP contribution in [-0.4, -0.2) is 27.3 Å². The Hall–Kier alpha value is -3.91. The number of nitriles is 1. The van der Waals surface area contributed by atoms with Crippen molar-refractivity contribution in [3.8, 4) is 6.07 Å². The van der Waals surface area contributed by atoms with Crippen molar-refractivity contribution < 1.29 is 17.9 Å². The van der Waals surface area contributed by atoms with Gasteiger partial charge in [-0.2, -0.15) is 19.0 Å². The fourth-order valence-electron chi connectivity index (χ4n) is 4.93. The Morgan fingerprint density at radius 1 is 1.21 bits per heavy atom. The Morgan fingerprint density at radius 2 is 1.97 bits per heavy atom. The van der Waals surface area contributed by atoms with E-state index in [9.17, 15) is 23.6 Å². The zero-order valence-corrected chi connectivity index (χ0v) is 20.9. The molecule has 0 spiro atoms. The zero-order valence-electron chi connectivity index (χ0n) is 20.9. The lowest BCUT2D eigenvalue weighted by Gasteiger charge is -2.23. The maximum atomic E-state index is 15.4. The van der Waals surface area contributed by atoms with E-state index in [4.69, 9.17) is 4.74 Å². The van der Waals surface area contributed by atoms with E-state index in [2.05, 4.69) is 16.4 Å². The minimum Gasteiger partial charge on any atom is -0.371 e. The minimum absolute atomic E-state index is 0.0498. The van der Waals surface area contributed by atoms with E-state index < -0.39 is 41.1 Å². The van der Waals surface area contributed by atoms with Crippen molar-refractivity contribution >= 4 is 16.9 Å². The van der Waals surface area contributed by atoms with Gasteiger partial charge in [0.25, 0.3) is 11.5 Å². The molecule has 1 N–H and O–H groups in total. The molecule has 11 heteroatoms. The minimum atomic E-state index is -3.56. The highest BCUT2D eigenvalue weighted by Gasteiger charge is 2.47. The van der Waals surface area contributed by atoms with Crippen LogP contribution in [0.2, 0.25) is 0 Å². The van der Waals surface area contributed by atoms with E-state index in [1.54, 1.807) is 25.1 Å². The third-order valence-electron chi connectivity index (χ3n) is 7.24. The number of anilines is 1. The highest BCUT2D eigenvalue weighted by molar-refractivity contribution is 5.88. The summed E-state index contributed by atoms with van der Waals surface area (Å²) in [5, 5.41) is 13.1. The molecule has 0 saturated heterocycles. The molecule has 1 saturated carbocycles. The topological polar surface area (TPSA) is 102 Å². The first-order chi connectivity index (χ1) is 18.1. The largest absolute Gasteiger partial charge is 0.371 e. The van der Waals surface area contributed by atoms with Gasteiger partial charge in [-0.25, -0.2) is 9.18 Å². The van der Waals surface area contributed by atoms with Gasteiger partial charge in [0.15, 0.2) is 0 Å². The van der Waals surface area contributed by atoms with Gasteiger partial charge in [-0.15, -0.1) is 0 Å². The molecule has 2 aliphatic rings. The Kier molecular flexibility index (Phi) is 6.39. The molecule has 5 rings (SSSR count). The number of nitrogens with one attached hydrogen (secondary N) is 1. The fraction of sp³-hybridized carbons (Fsp3) is 0.407. The highest BCUT2D eigenvalue weighted by Crippen LogP contribution is 2.47. The molecule has 1 aromatic carbocycles. The van der Waals surface area contributed by atoms with Crippen LogP contribution in [0.1, 0.15) is 48.9 Å². The molecule has 38 heavy (non-hydrogen) atoms. The van der Waals surface area contributed by atoms with Crippen molar-refractivity contribution in [1.82, 2.24) is 14.1 Å². The lowest BCUT2D eigenvalue weighted by Crippen LogP contribution is -2.33. The first kappa shape index (κ1) is 25.7. The second-order valence-electron chi connectivity index (χ2n) is 9.80. The molecule has 1 aliphatic carbocycles. The summed E-state index contributed by atoms with van der Waals surface area (Å²) in [7, 11) is 1.53. The smallest absolute Gasteiger partial charge is 0.351 e. The summed E-state index contributed by atoms with van der Waals surface area (Å²) in [6, 6.07) is 6.67. The predicted molar refractivity (Wildman–Crippen MR) is 135 cm³/mol. The van der Waals surface area contributed by atoms with Crippen molar-refractivity contribution in [2.45, 2.75) is 50.1 Å². The SMILES string of the molecule is C[C@H]1Nc2nc(=O)n(c3c2cc(C2(C#N)CC2)c(=O)n3C)CC/C=C\COCC(F)(F)c2cccc1c2F. The van der Waals surface area contributed by atoms with Crippen molar-refractivity contribution in [2.24, 2.45) is 7.05 Å². The molecule has 0 radical (unpaired) electrons. The average Bonchev–Trinajstić information content (AvgIpc) is 3.67. The number of aromatic nitrogens is 3. The van der Waals surface area contributed by atoms with Crippen LogP contribution in [0, 0.1) is 17.1 Å². The van der Waals surface area contributed by atoms with Crippen LogP contribution in [0.15, 0.2) is 46.0 Å². The quantitative estimate of drug-likeness (QED) is 0.482. The zero-order chi connectivity index (χ0) is 27.2. The van der Waals surface area contributed by atoms with Crippen molar-refractivity contribution in [1.29, 1.82) is 5.26 Å². The van der Waals surface area contributed by atoms with Gasteiger partial charge in [0.2, 0.25) is 0 Å². The van der Waals surface area contributed by atoms with Crippen molar-refractivity contribution in [3.63, 3.8) is 0 Å². The molecule has 3 aromatic rings. The van der Waals surface area contributed by atoms with Crippen LogP contribution < -0.4 is 16.6 Å². The molecule has 1 fully saturated rings. The number of rotatable bonds is 1. The lowest BCUT2D eigenvalue weighted by molar-refractivity contribution is -0.0795. The van der Waals surface area contributed by atoms with Gasteiger partial charge < -0.3 is 10.1 Å². The molecule has 198 valence electrons. The number of halogens is 3. The standard InChI is InChI=1S/C27H26F3N5O3/c1-16-17-7-6-8-19(21(17)28)27(29,30)15-38-12-5-3-4-11-35-23-18(22(32-16)33-25(35)37)13-20(24(36)34(23)2)26(14-31)9-10-26/h3,5-8,13,16H,4,9-12,15H2,1-2H3,(H,32,33,37)/b5-3-/t16-/m1/s1. The van der Waals surface area contributed by atoms with Crippen LogP contribution in [-0.2, 0) is 29.7 Å². The number of hydrogen-bond donors (Lipinski definition) is 1. The van der Waals surface area contributed by atoms with Crippen LogP contribution in [0.3, 0.4) is 0 Å². The molecule has 2 aromatic heterocycles. The molecular weight excluding hydrogens is 499 g/mol. The number of nitrogens with zero attached hydrogens (tertiary/aromatic N) is 4. The normalized spacial score (nSPS) is 21.3. The van der Waals surface area contributed by atoms with Crippen LogP contribution in [0.25, 0.3) is 11.0 Å². The Balaban J connectivity index is 1.74. The van der Waals surface area contributed by atoms with E-state index in [1.807, 2.05) is 0 Å². The second kappa shape index (κ2) is 9.44. The molecule has 4 bridgehead atoms. The number of allylic oxidation sites excluding steroid dienone is 1. The second-order valence-corrected chi connectivity index (χ2v) is 9.80. The maximum absolute atomic E-state index is 15.4. The van der Waals surface area contributed by atoms with E-state index in [1.165, 1.54) is 28.3 Å². The Morgan fingerprint density at radius 3 is 2.68 bits per heavy atom. The van der Waals surface area contributed by atoms with Gasteiger partial charge in [0, 0.05) is 24.7 Å². The van der Waals surface area contributed by atoms with E-state index in [0.717, 1.165) is 6.07 Å². The van der Waals surface area contributed by atoms with Crippen molar-refractivity contribution in [3.05, 3.63) is 79.8 Å². The van der Waals surface area contributed by atoms with E-state index >= 15 is 4.39 Å². The van der Waals surface area contributed by atoms with Gasteiger partial charge >= 0.3 is 5.69 Å². The lowest BCUT2D eigenvalue weighted by atomic mass is 9.97. The van der Waals surface area contributed by atoms with Crippen LogP contribution in [0.5, 0.6) is 0 Å². The van der Waals surface area contributed by atoms with Gasteiger partial charge in [-0.05, 0) is 38.3 Å². The van der Waals surface area contributed by atoms with Gasteiger partial charge in [0.1, 0.15) is 23.9 Å². The first-order valence-electron chi connectivity index (χ1n) is 12.3. The van der Waals surface area contributed by atoms with Crippen LogP contribution >= 0.6 is 0 Å². The monoisotopic (exact) mass is 525 g/mol. The molecule has 0 unspecified atom stereocenters. The number of fused-ring (bicyclic) bond motifs is 8. The third-order valence-corrected chi connectivity index (χ3v) is 7.24. The Labute approximate surface area is 216 Å². The molecule has 1 aliphatic heterocycles. The molecule has 0 amide bonds. The van der Waals surface area contributed by atoms with Gasteiger partial charge in [0.05, 0.1) is 35.1 Å². The maximum Gasteiger partial charge on any atom is 0.351 e. The summed E-state index contributed by atoms with van der Waals surface area (Å²) in [6.45, 7) is 0.609. The average molecular weight is 526 g/mol. The highest BCUT2D eigenvalue weighted by atomic mass is 19.3. The number of pyridine rings is 1. The van der Waals surface area contributed by atoms with E-state index in [-0.39, 0.29) is 35.7 Å². The third kappa shape index (κ3) is 4.28. The summed E-state index contributed by atoms with van der Waals surface area (Å²) >= 11 is 0. The summed E-state index contributed by atoms with van der Waals surface area (Å²) in [5.74, 6) is -4.58. The summed E-state index contributed by atoms with van der Waals surface area (Å²) in [5.41, 5.74) is -2.18. The molecule has 1 atom stereocenters. The van der Waals surface area contributed by atoms with Gasteiger partial charge in [-0.3, -0.25) is 13.9 Å². The molecule has 8 nitrogen and oxygen atoms in total. The number of benzene rings is 1. The summed E-state index contributed by atoms with van der Waals surface area (Å²) in [4.78, 5) is 30.7. The molecular formula is C27H26F3N5O3. The number of ether oxygens (including phenoxy) is 1. The van der Waals surface area contributed by atoms with Crippen molar-refractivity contribution in [2.75, 3.05) is 18.5 Å². The summed E-state index contributed by atoms with van der Waals surface area (Å²) in [6.07, 6.45) is 4.63. The van der Waals surface area contributed by atoms with Crippen LogP contribution in [0.4, 0.5) is 19.0 Å². The summed E-state index contributed by atoms with van der Waals surface area (Å²) < 4.78 is 52.9. The van der Waals surface area contributed by atoms with Gasteiger partial charge in [-0.1, -0.05) is 24.3 Å². The Bertz CT molecular complexity index is 1620. The molecule has 3 heterocycles. The number of alkyl halides is 2. The predicted octanol–water partition coefficient (Wildman–Crippen LogP) is 4.03. The number of hydrogen-bond acceptors (Lipinski definition) is 6. The first-order valence-corrected chi connectivity index (χ1v) is 12.3.